The van der Waals surface area contributed by atoms with E-state index in [9.17, 15) is 8.42 Å². The van der Waals surface area contributed by atoms with Crippen molar-refractivity contribution in [2.24, 2.45) is 0 Å². The molecule has 4 aromatic heterocycles. The topological polar surface area (TPSA) is 116 Å². The van der Waals surface area contributed by atoms with E-state index in [1.807, 2.05) is 42.5 Å². The molecule has 0 aliphatic rings. The van der Waals surface area contributed by atoms with Crippen molar-refractivity contribution < 1.29 is 8.42 Å². The van der Waals surface area contributed by atoms with Crippen LogP contribution < -0.4 is 4.72 Å². The molecule has 0 amide bonds. The smallest absolute Gasteiger partial charge is 0.229 e. The lowest BCUT2D eigenvalue weighted by Crippen LogP contribution is -2.09. The van der Waals surface area contributed by atoms with E-state index in [-0.39, 0.29) is 0 Å². The summed E-state index contributed by atoms with van der Waals surface area (Å²) in [6, 6.07) is 19.7. The first kappa shape index (κ1) is 22.3. The Morgan fingerprint density at radius 2 is 1.72 bits per heavy atom. The molecule has 0 unspecified atom stereocenters. The molecule has 0 radical (unpaired) electrons. The average molecular weight is 515 g/mol. The molecule has 8 nitrogen and oxygen atoms in total. The third kappa shape index (κ3) is 4.19. The second-order valence-corrected chi connectivity index (χ2v) is 10.7. The highest BCUT2D eigenvalue weighted by molar-refractivity contribution is 7.92. The van der Waals surface area contributed by atoms with Gasteiger partial charge in [0.1, 0.15) is 0 Å². The number of aromatic nitrogens is 5. The van der Waals surface area contributed by atoms with Crippen LogP contribution >= 0.6 is 11.6 Å². The Labute approximate surface area is 211 Å². The van der Waals surface area contributed by atoms with Crippen LogP contribution in [0.4, 0.5) is 5.69 Å². The molecule has 6 rings (SSSR count). The van der Waals surface area contributed by atoms with Crippen molar-refractivity contribution in [3.8, 4) is 33.6 Å². The molecule has 4 heterocycles. The Balaban J connectivity index is 1.45. The number of rotatable bonds is 5. The Bertz CT molecular complexity index is 1880. The molecule has 10 heteroatoms. The minimum absolute atomic E-state index is 0.381. The number of hydrogen-bond acceptors (Lipinski definition) is 5. The lowest BCUT2D eigenvalue weighted by Gasteiger charge is -2.06. The molecule has 0 aliphatic heterocycles. The number of pyridine rings is 2. The van der Waals surface area contributed by atoms with E-state index in [4.69, 9.17) is 11.6 Å². The summed E-state index contributed by atoms with van der Waals surface area (Å²) in [5.74, 6) is 0. The van der Waals surface area contributed by atoms with Crippen LogP contribution in [0.25, 0.3) is 55.6 Å². The first-order valence-electron chi connectivity index (χ1n) is 11.0. The fraction of sp³-hybridized carbons (Fsp3) is 0.0385. The summed E-state index contributed by atoms with van der Waals surface area (Å²) in [6.45, 7) is 0. The van der Waals surface area contributed by atoms with Crippen LogP contribution in [0.15, 0.2) is 79.3 Å². The van der Waals surface area contributed by atoms with Gasteiger partial charge in [-0.3, -0.25) is 14.8 Å². The SMILES string of the molecule is CS(=O)(=O)Nc1cncc(-c2cnc3n[nH]c(-c4cc5c(-c6cccc(Cl)c6)cccc5[nH]4)c3c2)c1. The zero-order chi connectivity index (χ0) is 24.9. The summed E-state index contributed by atoms with van der Waals surface area (Å²) < 4.78 is 25.7. The van der Waals surface area contributed by atoms with Gasteiger partial charge in [-0.15, -0.1) is 0 Å². The summed E-state index contributed by atoms with van der Waals surface area (Å²) in [4.78, 5) is 12.2. The maximum Gasteiger partial charge on any atom is 0.229 e. The molecule has 2 aromatic carbocycles. The Morgan fingerprint density at radius 1 is 0.889 bits per heavy atom. The number of aromatic amines is 2. The fourth-order valence-electron chi connectivity index (χ4n) is 4.33. The van der Waals surface area contributed by atoms with Crippen LogP contribution in [0.5, 0.6) is 0 Å². The van der Waals surface area contributed by atoms with E-state index in [1.54, 1.807) is 18.5 Å². The summed E-state index contributed by atoms with van der Waals surface area (Å²) in [5, 5.41) is 10.1. The quantitative estimate of drug-likeness (QED) is 0.266. The van der Waals surface area contributed by atoms with Crippen LogP contribution in [0.1, 0.15) is 0 Å². The number of nitrogens with one attached hydrogen (secondary N) is 3. The Hall–Kier alpha value is -4.21. The maximum absolute atomic E-state index is 11.6. The van der Waals surface area contributed by atoms with Crippen LogP contribution in [0, 0.1) is 0 Å². The minimum atomic E-state index is -3.42. The van der Waals surface area contributed by atoms with Gasteiger partial charge in [-0.2, -0.15) is 5.10 Å². The highest BCUT2D eigenvalue weighted by atomic mass is 35.5. The van der Waals surface area contributed by atoms with Crippen molar-refractivity contribution in [2.75, 3.05) is 11.0 Å². The third-order valence-electron chi connectivity index (χ3n) is 5.85. The molecular formula is C26H19ClN6O2S. The molecule has 36 heavy (non-hydrogen) atoms. The van der Waals surface area contributed by atoms with E-state index in [1.165, 1.54) is 6.20 Å². The van der Waals surface area contributed by atoms with Crippen molar-refractivity contribution >= 4 is 49.2 Å². The van der Waals surface area contributed by atoms with Gasteiger partial charge >= 0.3 is 0 Å². The number of sulfonamides is 1. The van der Waals surface area contributed by atoms with Crippen LogP contribution in [-0.4, -0.2) is 39.8 Å². The van der Waals surface area contributed by atoms with E-state index < -0.39 is 10.0 Å². The predicted octanol–water partition coefficient (Wildman–Crippen LogP) is 5.86. The molecule has 3 N–H and O–H groups in total. The number of halogens is 1. The van der Waals surface area contributed by atoms with Gasteiger partial charge in [0.05, 0.1) is 29.5 Å². The summed E-state index contributed by atoms with van der Waals surface area (Å²) in [7, 11) is -3.42. The molecule has 0 atom stereocenters. The number of benzene rings is 2. The van der Waals surface area contributed by atoms with Gasteiger partial charge in [0.2, 0.25) is 10.0 Å². The molecule has 0 bridgehead atoms. The molecule has 0 aliphatic carbocycles. The normalized spacial score (nSPS) is 11.8. The van der Waals surface area contributed by atoms with Gasteiger partial charge in [0.25, 0.3) is 0 Å². The second kappa shape index (κ2) is 8.47. The van der Waals surface area contributed by atoms with Crippen LogP contribution in [0.2, 0.25) is 5.02 Å². The number of hydrogen-bond donors (Lipinski definition) is 3. The number of H-pyrrole nitrogens is 2. The Morgan fingerprint density at radius 3 is 2.56 bits per heavy atom. The zero-order valence-electron chi connectivity index (χ0n) is 18.9. The molecular weight excluding hydrogens is 496 g/mol. The van der Waals surface area contributed by atoms with Crippen LogP contribution in [0.3, 0.4) is 0 Å². The van der Waals surface area contributed by atoms with Gasteiger partial charge in [0, 0.05) is 44.8 Å². The van der Waals surface area contributed by atoms with Gasteiger partial charge in [-0.1, -0.05) is 35.9 Å². The lowest BCUT2D eigenvalue weighted by molar-refractivity contribution is 0.607. The number of nitrogens with zero attached hydrogens (tertiary/aromatic N) is 3. The molecule has 0 fully saturated rings. The van der Waals surface area contributed by atoms with Gasteiger partial charge in [-0.25, -0.2) is 13.4 Å². The average Bonchev–Trinajstić information content (AvgIpc) is 3.46. The van der Waals surface area contributed by atoms with Crippen molar-refractivity contribution in [1.82, 2.24) is 25.1 Å². The van der Waals surface area contributed by atoms with Crippen molar-refractivity contribution in [2.45, 2.75) is 0 Å². The second-order valence-electron chi connectivity index (χ2n) is 8.49. The van der Waals surface area contributed by atoms with Crippen molar-refractivity contribution in [1.29, 1.82) is 0 Å². The standard InChI is InChI=1S/C26H19ClN6O2S/c1-36(34,35)33-19-9-16(12-28-14-19)17-10-22-25(31-32-26(22)29-13-17)24-11-21-20(6-3-7-23(21)30-24)15-4-2-5-18(27)8-15/h2-14,30,33H,1H3,(H,29,31,32). The number of fused-ring (bicyclic) bond motifs is 2. The Kier molecular flexibility index (Phi) is 5.24. The zero-order valence-corrected chi connectivity index (χ0v) is 20.5. The third-order valence-corrected chi connectivity index (χ3v) is 6.70. The van der Waals surface area contributed by atoms with Crippen molar-refractivity contribution in [3.63, 3.8) is 0 Å². The maximum atomic E-state index is 11.6. The van der Waals surface area contributed by atoms with Gasteiger partial charge in [0.15, 0.2) is 5.65 Å². The summed E-state index contributed by atoms with van der Waals surface area (Å²) >= 11 is 6.24. The van der Waals surface area contributed by atoms with Crippen molar-refractivity contribution in [3.05, 3.63) is 84.3 Å². The molecule has 178 valence electrons. The van der Waals surface area contributed by atoms with Gasteiger partial charge in [-0.05, 0) is 47.5 Å². The van der Waals surface area contributed by atoms with E-state index >= 15 is 0 Å². The number of anilines is 1. The minimum Gasteiger partial charge on any atom is -0.353 e. The van der Waals surface area contributed by atoms with Gasteiger partial charge < -0.3 is 4.98 Å². The fourth-order valence-corrected chi connectivity index (χ4v) is 5.06. The van der Waals surface area contributed by atoms with E-state index in [0.717, 1.165) is 56.2 Å². The van der Waals surface area contributed by atoms with Crippen LogP contribution in [-0.2, 0) is 10.0 Å². The first-order valence-corrected chi connectivity index (χ1v) is 13.3. The van der Waals surface area contributed by atoms with E-state index in [0.29, 0.717) is 16.4 Å². The highest BCUT2D eigenvalue weighted by Gasteiger charge is 2.15. The molecule has 0 saturated heterocycles. The summed E-state index contributed by atoms with van der Waals surface area (Å²) in [6.07, 6.45) is 5.91. The van der Waals surface area contributed by atoms with E-state index in [2.05, 4.69) is 42.0 Å². The largest absolute Gasteiger partial charge is 0.353 e. The molecule has 0 spiro atoms. The lowest BCUT2D eigenvalue weighted by atomic mass is 10.0. The highest BCUT2D eigenvalue weighted by Crippen LogP contribution is 2.35. The predicted molar refractivity (Wildman–Crippen MR) is 143 cm³/mol. The molecule has 0 saturated carbocycles. The summed E-state index contributed by atoms with van der Waals surface area (Å²) in [5.41, 5.74) is 7.22. The molecule has 6 aromatic rings. The monoisotopic (exact) mass is 514 g/mol. The first-order chi connectivity index (χ1) is 17.3.